The Morgan fingerprint density at radius 2 is 2.07 bits per heavy atom. The van der Waals surface area contributed by atoms with Crippen molar-refractivity contribution in [1.82, 2.24) is 14.8 Å². The lowest BCUT2D eigenvalue weighted by Crippen LogP contribution is -2.15. The lowest BCUT2D eigenvalue weighted by molar-refractivity contribution is -0.384. The number of anilines is 1. The zero-order valence-corrected chi connectivity index (χ0v) is 17.0. The molecular formula is C18H16ClN5O4S. The van der Waals surface area contributed by atoms with Crippen LogP contribution in [0.1, 0.15) is 0 Å². The average molecular weight is 434 g/mol. The number of methoxy groups -OCH3 is 1. The van der Waals surface area contributed by atoms with Gasteiger partial charge in [-0.15, -0.1) is 10.2 Å². The van der Waals surface area contributed by atoms with Gasteiger partial charge in [0.25, 0.3) is 5.69 Å². The Hall–Kier alpha value is -3.11. The lowest BCUT2D eigenvalue weighted by Gasteiger charge is -2.08. The molecule has 0 spiro atoms. The maximum absolute atomic E-state index is 12.3. The van der Waals surface area contributed by atoms with E-state index in [0.717, 1.165) is 5.56 Å². The van der Waals surface area contributed by atoms with Crippen molar-refractivity contribution in [3.05, 3.63) is 57.6 Å². The van der Waals surface area contributed by atoms with Crippen molar-refractivity contribution in [3.63, 3.8) is 0 Å². The molecule has 0 saturated heterocycles. The van der Waals surface area contributed by atoms with Crippen LogP contribution in [0.25, 0.3) is 11.4 Å². The number of non-ortho nitro benzene ring substituents is 1. The molecule has 0 radical (unpaired) electrons. The van der Waals surface area contributed by atoms with Gasteiger partial charge in [-0.1, -0.05) is 35.5 Å². The fourth-order valence-electron chi connectivity index (χ4n) is 2.54. The molecule has 11 heteroatoms. The summed E-state index contributed by atoms with van der Waals surface area (Å²) in [4.78, 5) is 22.6. The number of hydrogen-bond acceptors (Lipinski definition) is 7. The number of para-hydroxylation sites is 1. The summed E-state index contributed by atoms with van der Waals surface area (Å²) >= 11 is 7.18. The Balaban J connectivity index is 1.70. The molecule has 1 heterocycles. The number of aromatic nitrogens is 3. The monoisotopic (exact) mass is 433 g/mol. The Morgan fingerprint density at radius 1 is 1.31 bits per heavy atom. The quantitative estimate of drug-likeness (QED) is 0.342. The number of rotatable bonds is 7. The molecule has 0 aliphatic rings. The van der Waals surface area contributed by atoms with Gasteiger partial charge in [-0.25, -0.2) is 0 Å². The Labute approximate surface area is 175 Å². The van der Waals surface area contributed by atoms with Gasteiger partial charge >= 0.3 is 0 Å². The smallest absolute Gasteiger partial charge is 0.271 e. The number of carbonyl (C=O) groups is 1. The fraction of sp³-hybridized carbons (Fsp3) is 0.167. The molecule has 0 fully saturated rings. The van der Waals surface area contributed by atoms with Crippen molar-refractivity contribution in [2.45, 2.75) is 5.16 Å². The van der Waals surface area contributed by atoms with E-state index in [2.05, 4.69) is 15.5 Å². The number of ether oxygens (including phenoxy) is 1. The van der Waals surface area contributed by atoms with Crippen LogP contribution in [0.5, 0.6) is 5.75 Å². The molecule has 1 aromatic heterocycles. The topological polar surface area (TPSA) is 112 Å². The first-order valence-electron chi connectivity index (χ1n) is 8.30. The highest BCUT2D eigenvalue weighted by Gasteiger charge is 2.17. The molecule has 3 aromatic rings. The standard InChI is InChI=1S/C18H16ClN5O4S/c1-23-17(12-5-3-4-6-15(12)28-2)21-22-18(23)29-10-16(25)20-14-9-11(24(26)27)7-8-13(14)19/h3-9H,10H2,1-2H3,(H,20,25). The summed E-state index contributed by atoms with van der Waals surface area (Å²) in [7, 11) is 3.37. The van der Waals surface area contributed by atoms with Crippen LogP contribution in [0.3, 0.4) is 0 Å². The van der Waals surface area contributed by atoms with Gasteiger partial charge in [0.2, 0.25) is 5.91 Å². The minimum absolute atomic E-state index is 0.0247. The summed E-state index contributed by atoms with van der Waals surface area (Å²) < 4.78 is 7.11. The molecule has 0 atom stereocenters. The van der Waals surface area contributed by atoms with Gasteiger partial charge in [-0.05, 0) is 18.2 Å². The predicted molar refractivity (Wildman–Crippen MR) is 110 cm³/mol. The zero-order chi connectivity index (χ0) is 21.0. The average Bonchev–Trinajstić information content (AvgIpc) is 3.08. The van der Waals surface area contributed by atoms with E-state index >= 15 is 0 Å². The third kappa shape index (κ3) is 4.66. The highest BCUT2D eigenvalue weighted by atomic mass is 35.5. The van der Waals surface area contributed by atoms with Crippen molar-refractivity contribution < 1.29 is 14.5 Å². The van der Waals surface area contributed by atoms with Gasteiger partial charge in [0.05, 0.1) is 34.1 Å². The minimum Gasteiger partial charge on any atom is -0.496 e. The van der Waals surface area contributed by atoms with Crippen LogP contribution in [0, 0.1) is 10.1 Å². The van der Waals surface area contributed by atoms with Crippen molar-refractivity contribution in [2.75, 3.05) is 18.2 Å². The molecule has 0 aliphatic heterocycles. The second-order valence-corrected chi connectivity index (χ2v) is 7.17. The number of nitro benzene ring substituents is 1. The number of hydrogen-bond donors (Lipinski definition) is 1. The number of amides is 1. The Morgan fingerprint density at radius 3 is 2.79 bits per heavy atom. The minimum atomic E-state index is -0.556. The fourth-order valence-corrected chi connectivity index (χ4v) is 3.42. The number of nitrogens with one attached hydrogen (secondary N) is 1. The van der Waals surface area contributed by atoms with Crippen LogP contribution in [0.4, 0.5) is 11.4 Å². The maximum atomic E-state index is 12.3. The zero-order valence-electron chi connectivity index (χ0n) is 15.5. The van der Waals surface area contributed by atoms with Crippen LogP contribution in [-0.2, 0) is 11.8 Å². The number of carbonyl (C=O) groups excluding carboxylic acids is 1. The molecule has 1 N–H and O–H groups in total. The number of nitro groups is 1. The van der Waals surface area contributed by atoms with Crippen LogP contribution >= 0.6 is 23.4 Å². The van der Waals surface area contributed by atoms with Crippen LogP contribution < -0.4 is 10.1 Å². The SMILES string of the molecule is COc1ccccc1-c1nnc(SCC(=O)Nc2cc([N+](=O)[O-])ccc2Cl)n1C. The molecule has 9 nitrogen and oxygen atoms in total. The summed E-state index contributed by atoms with van der Waals surface area (Å²) in [5.41, 5.74) is 0.802. The first kappa shape index (κ1) is 20.6. The predicted octanol–water partition coefficient (Wildman–Crippen LogP) is 3.78. The molecule has 0 bridgehead atoms. The van der Waals surface area contributed by atoms with Crippen molar-refractivity contribution >= 4 is 40.6 Å². The number of thioether (sulfide) groups is 1. The van der Waals surface area contributed by atoms with Gasteiger partial charge in [0.1, 0.15) is 5.75 Å². The van der Waals surface area contributed by atoms with E-state index in [0.29, 0.717) is 16.7 Å². The lowest BCUT2D eigenvalue weighted by atomic mass is 10.2. The normalized spacial score (nSPS) is 10.6. The van der Waals surface area contributed by atoms with Crippen molar-refractivity contribution in [3.8, 4) is 17.1 Å². The number of nitrogens with zero attached hydrogens (tertiary/aromatic N) is 4. The summed E-state index contributed by atoms with van der Waals surface area (Å²) in [6.45, 7) is 0. The maximum Gasteiger partial charge on any atom is 0.271 e. The molecule has 0 aliphatic carbocycles. The Bertz CT molecular complexity index is 1070. The second kappa shape index (κ2) is 8.93. The van der Waals surface area contributed by atoms with E-state index in [4.69, 9.17) is 16.3 Å². The van der Waals surface area contributed by atoms with Gasteiger partial charge in [0.15, 0.2) is 11.0 Å². The second-order valence-electron chi connectivity index (χ2n) is 5.82. The van der Waals surface area contributed by atoms with Gasteiger partial charge in [-0.3, -0.25) is 14.9 Å². The summed E-state index contributed by atoms with van der Waals surface area (Å²) in [6.07, 6.45) is 0. The molecule has 3 rings (SSSR count). The largest absolute Gasteiger partial charge is 0.496 e. The van der Waals surface area contributed by atoms with Crippen molar-refractivity contribution in [1.29, 1.82) is 0 Å². The van der Waals surface area contributed by atoms with Gasteiger partial charge < -0.3 is 14.6 Å². The van der Waals surface area contributed by atoms with Crippen LogP contribution in [0.15, 0.2) is 47.6 Å². The molecule has 1 amide bonds. The third-order valence-electron chi connectivity index (χ3n) is 3.95. The Kier molecular flexibility index (Phi) is 6.35. The van der Waals surface area contributed by atoms with Gasteiger partial charge in [0, 0.05) is 19.2 Å². The molecule has 150 valence electrons. The summed E-state index contributed by atoms with van der Waals surface area (Å²) in [6, 6.07) is 11.3. The van der Waals surface area contributed by atoms with E-state index in [1.807, 2.05) is 24.3 Å². The van der Waals surface area contributed by atoms with E-state index in [-0.39, 0.29) is 28.1 Å². The van der Waals surface area contributed by atoms with Gasteiger partial charge in [-0.2, -0.15) is 0 Å². The first-order valence-corrected chi connectivity index (χ1v) is 9.66. The molecular weight excluding hydrogens is 418 g/mol. The summed E-state index contributed by atoms with van der Waals surface area (Å²) in [5, 5.41) is 22.5. The molecule has 0 unspecified atom stereocenters. The molecule has 0 saturated carbocycles. The van der Waals surface area contributed by atoms with Crippen LogP contribution in [0.2, 0.25) is 5.02 Å². The third-order valence-corrected chi connectivity index (χ3v) is 5.30. The van der Waals surface area contributed by atoms with Crippen molar-refractivity contribution in [2.24, 2.45) is 7.05 Å². The highest BCUT2D eigenvalue weighted by molar-refractivity contribution is 7.99. The molecule has 29 heavy (non-hydrogen) atoms. The summed E-state index contributed by atoms with van der Waals surface area (Å²) in [5.74, 6) is 0.917. The number of benzene rings is 2. The van der Waals surface area contributed by atoms with E-state index in [1.54, 1.807) is 18.7 Å². The molecule has 2 aromatic carbocycles. The van der Waals surface area contributed by atoms with Crippen LogP contribution in [-0.4, -0.2) is 38.5 Å². The van der Waals surface area contributed by atoms with E-state index < -0.39 is 4.92 Å². The van der Waals surface area contributed by atoms with E-state index in [9.17, 15) is 14.9 Å². The highest BCUT2D eigenvalue weighted by Crippen LogP contribution is 2.30. The number of halogens is 1. The van der Waals surface area contributed by atoms with E-state index in [1.165, 1.54) is 30.0 Å². The first-order chi connectivity index (χ1) is 13.9.